The Morgan fingerprint density at radius 2 is 2.44 bits per heavy atom. The van der Waals surface area contributed by atoms with Gasteiger partial charge in [0.05, 0.1) is 12.5 Å². The fourth-order valence-electron chi connectivity index (χ4n) is 1.31. The van der Waals surface area contributed by atoms with Gasteiger partial charge in [-0.1, -0.05) is 15.9 Å². The van der Waals surface area contributed by atoms with Crippen LogP contribution in [0, 0.1) is 0 Å². The molecule has 1 unspecified atom stereocenters. The fourth-order valence-corrected chi connectivity index (χ4v) is 1.63. The van der Waals surface area contributed by atoms with Crippen LogP contribution in [-0.4, -0.2) is 25.7 Å². The molecule has 2 heterocycles. The van der Waals surface area contributed by atoms with Crippen molar-refractivity contribution in [1.82, 2.24) is 14.6 Å². The number of carbonyl (C=O) groups is 1. The fraction of sp³-hybridized carbons (Fsp3) is 0.222. The molecule has 0 saturated carbocycles. The molecule has 0 fully saturated rings. The van der Waals surface area contributed by atoms with Gasteiger partial charge in [-0.15, -0.1) is 5.10 Å². The number of carboxylic acid groups (broad SMARTS) is 1. The van der Waals surface area contributed by atoms with Gasteiger partial charge >= 0.3 is 5.97 Å². The highest BCUT2D eigenvalue weighted by Gasteiger charge is 2.15. The number of hydrogen-bond acceptors (Lipinski definition) is 4. The molecule has 0 aliphatic carbocycles. The zero-order valence-corrected chi connectivity index (χ0v) is 9.75. The summed E-state index contributed by atoms with van der Waals surface area (Å²) in [5, 5.41) is 12.7. The number of carboxylic acids is 1. The predicted molar refractivity (Wildman–Crippen MR) is 59.9 cm³/mol. The van der Waals surface area contributed by atoms with Gasteiger partial charge in [0.2, 0.25) is 0 Å². The van der Waals surface area contributed by atoms with Gasteiger partial charge in [0, 0.05) is 10.7 Å². The Labute approximate surface area is 99.2 Å². The smallest absolute Gasteiger partial charge is 0.305 e. The van der Waals surface area contributed by atoms with E-state index in [1.807, 2.05) is 6.07 Å². The molecule has 0 amide bonds. The minimum Gasteiger partial charge on any atom is -0.481 e. The zero-order valence-electron chi connectivity index (χ0n) is 8.17. The number of nitrogens with zero attached hydrogens (tertiary/aromatic N) is 3. The van der Waals surface area contributed by atoms with Crippen molar-refractivity contribution >= 4 is 27.5 Å². The number of rotatable bonds is 3. The summed E-state index contributed by atoms with van der Waals surface area (Å²) in [5.41, 5.74) is 6.30. The van der Waals surface area contributed by atoms with Gasteiger partial charge in [-0.25, -0.2) is 9.50 Å². The third kappa shape index (κ3) is 2.20. The first kappa shape index (κ1) is 11.0. The Morgan fingerprint density at radius 1 is 1.69 bits per heavy atom. The lowest BCUT2D eigenvalue weighted by Gasteiger charge is -2.01. The number of halogens is 1. The van der Waals surface area contributed by atoms with Crippen LogP contribution in [0.25, 0.3) is 5.65 Å². The summed E-state index contributed by atoms with van der Waals surface area (Å²) in [4.78, 5) is 14.7. The SMILES string of the molecule is NC(CC(=O)O)c1nc2cc(Br)ccn2n1. The molecule has 7 heteroatoms. The monoisotopic (exact) mass is 284 g/mol. The minimum absolute atomic E-state index is 0.182. The quantitative estimate of drug-likeness (QED) is 0.876. The van der Waals surface area contributed by atoms with Crippen molar-refractivity contribution in [3.05, 3.63) is 28.6 Å². The molecule has 0 saturated heterocycles. The van der Waals surface area contributed by atoms with E-state index in [0.717, 1.165) is 4.47 Å². The molecule has 2 aromatic heterocycles. The number of aliphatic carboxylic acids is 1. The van der Waals surface area contributed by atoms with Crippen LogP contribution < -0.4 is 5.73 Å². The van der Waals surface area contributed by atoms with Crippen LogP contribution >= 0.6 is 15.9 Å². The number of aromatic nitrogens is 3. The van der Waals surface area contributed by atoms with Crippen LogP contribution in [0.3, 0.4) is 0 Å². The standard InChI is InChI=1S/C9H9BrN4O2/c10-5-1-2-14-7(3-5)12-9(13-14)6(11)4-8(15)16/h1-3,6H,4,11H2,(H,15,16). The zero-order chi connectivity index (χ0) is 11.7. The molecule has 0 radical (unpaired) electrons. The highest BCUT2D eigenvalue weighted by molar-refractivity contribution is 9.10. The van der Waals surface area contributed by atoms with E-state index in [-0.39, 0.29) is 6.42 Å². The first-order valence-corrected chi connectivity index (χ1v) is 5.35. The maximum absolute atomic E-state index is 10.5. The number of nitrogens with two attached hydrogens (primary N) is 1. The number of pyridine rings is 1. The van der Waals surface area contributed by atoms with E-state index in [4.69, 9.17) is 10.8 Å². The van der Waals surface area contributed by atoms with E-state index in [9.17, 15) is 4.79 Å². The molecular formula is C9H9BrN4O2. The Kier molecular flexibility index (Phi) is 2.88. The maximum Gasteiger partial charge on any atom is 0.305 e. The van der Waals surface area contributed by atoms with Crippen molar-refractivity contribution in [2.45, 2.75) is 12.5 Å². The Hall–Kier alpha value is -1.47. The van der Waals surface area contributed by atoms with E-state index in [0.29, 0.717) is 11.5 Å². The van der Waals surface area contributed by atoms with Crippen molar-refractivity contribution in [1.29, 1.82) is 0 Å². The normalized spacial score (nSPS) is 12.9. The third-order valence-corrected chi connectivity index (χ3v) is 2.54. The second-order valence-electron chi connectivity index (χ2n) is 3.32. The van der Waals surface area contributed by atoms with Crippen molar-refractivity contribution in [3.8, 4) is 0 Å². The summed E-state index contributed by atoms with van der Waals surface area (Å²) >= 11 is 3.31. The molecule has 84 valence electrons. The minimum atomic E-state index is -0.965. The largest absolute Gasteiger partial charge is 0.481 e. The maximum atomic E-state index is 10.5. The first-order valence-electron chi connectivity index (χ1n) is 4.55. The topological polar surface area (TPSA) is 93.5 Å². The summed E-state index contributed by atoms with van der Waals surface area (Å²) in [6, 6.07) is 2.91. The van der Waals surface area contributed by atoms with Crippen molar-refractivity contribution in [3.63, 3.8) is 0 Å². The van der Waals surface area contributed by atoms with E-state index < -0.39 is 12.0 Å². The van der Waals surface area contributed by atoms with E-state index in [1.165, 1.54) is 0 Å². The van der Waals surface area contributed by atoms with Crippen molar-refractivity contribution in [2.75, 3.05) is 0 Å². The Bertz CT molecular complexity index is 539. The van der Waals surface area contributed by atoms with Crippen LogP contribution in [-0.2, 0) is 4.79 Å². The lowest BCUT2D eigenvalue weighted by atomic mass is 10.2. The van der Waals surface area contributed by atoms with Gasteiger partial charge in [0.1, 0.15) is 0 Å². The molecule has 0 bridgehead atoms. The van der Waals surface area contributed by atoms with Crippen LogP contribution in [0.15, 0.2) is 22.8 Å². The molecular weight excluding hydrogens is 276 g/mol. The molecule has 16 heavy (non-hydrogen) atoms. The summed E-state index contributed by atoms with van der Waals surface area (Å²) in [5.74, 6) is -0.631. The Morgan fingerprint density at radius 3 is 3.12 bits per heavy atom. The second-order valence-corrected chi connectivity index (χ2v) is 4.24. The highest BCUT2D eigenvalue weighted by Crippen LogP contribution is 2.15. The summed E-state index contributed by atoms with van der Waals surface area (Å²) < 4.78 is 2.44. The Balaban J connectivity index is 2.35. The number of fused-ring (bicyclic) bond motifs is 1. The second kappa shape index (κ2) is 4.18. The van der Waals surface area contributed by atoms with Crippen molar-refractivity contribution < 1.29 is 9.90 Å². The molecule has 3 N–H and O–H groups in total. The molecule has 2 rings (SSSR count). The average Bonchev–Trinajstić information content (AvgIpc) is 2.59. The summed E-state index contributed by atoms with van der Waals surface area (Å²) in [6.45, 7) is 0. The lowest BCUT2D eigenvalue weighted by Crippen LogP contribution is -2.16. The lowest BCUT2D eigenvalue weighted by molar-refractivity contribution is -0.137. The number of hydrogen-bond donors (Lipinski definition) is 2. The van der Waals surface area contributed by atoms with Gasteiger partial charge in [-0.2, -0.15) is 0 Å². The first-order chi connectivity index (χ1) is 7.56. The third-order valence-electron chi connectivity index (χ3n) is 2.04. The van der Waals surface area contributed by atoms with E-state index >= 15 is 0 Å². The van der Waals surface area contributed by atoms with Gasteiger partial charge in [0.15, 0.2) is 11.5 Å². The van der Waals surface area contributed by atoms with E-state index in [1.54, 1.807) is 16.8 Å². The average molecular weight is 285 g/mol. The van der Waals surface area contributed by atoms with Crippen molar-refractivity contribution in [2.24, 2.45) is 5.73 Å². The molecule has 0 aliphatic rings. The summed E-state index contributed by atoms with van der Waals surface area (Å²) in [7, 11) is 0. The van der Waals surface area contributed by atoms with Gasteiger partial charge in [0.25, 0.3) is 0 Å². The van der Waals surface area contributed by atoms with Gasteiger partial charge in [-0.3, -0.25) is 4.79 Å². The van der Waals surface area contributed by atoms with Gasteiger partial charge in [-0.05, 0) is 12.1 Å². The van der Waals surface area contributed by atoms with Crippen LogP contribution in [0.1, 0.15) is 18.3 Å². The van der Waals surface area contributed by atoms with E-state index in [2.05, 4.69) is 26.0 Å². The molecule has 0 aliphatic heterocycles. The molecule has 6 nitrogen and oxygen atoms in total. The summed E-state index contributed by atoms with van der Waals surface area (Å²) in [6.07, 6.45) is 1.54. The molecule has 1 atom stereocenters. The van der Waals surface area contributed by atoms with Gasteiger partial charge < -0.3 is 10.8 Å². The van der Waals surface area contributed by atoms with Crippen LogP contribution in [0.4, 0.5) is 0 Å². The predicted octanol–water partition coefficient (Wildman–Crippen LogP) is 0.966. The van der Waals surface area contributed by atoms with Crippen LogP contribution in [0.5, 0.6) is 0 Å². The molecule has 0 spiro atoms. The van der Waals surface area contributed by atoms with Crippen LogP contribution in [0.2, 0.25) is 0 Å². The molecule has 0 aromatic carbocycles. The molecule has 2 aromatic rings. The highest BCUT2D eigenvalue weighted by atomic mass is 79.9.